The fraction of sp³-hybridized carbons (Fsp3) is 0.231. The van der Waals surface area contributed by atoms with Crippen LogP contribution in [0.25, 0.3) is 21.7 Å². The molecule has 0 aliphatic heterocycles. The van der Waals surface area contributed by atoms with E-state index in [9.17, 15) is 9.59 Å². The maximum Gasteiger partial charge on any atom is 0.310 e. The number of fused-ring (bicyclic) bond motifs is 3. The van der Waals surface area contributed by atoms with Gasteiger partial charge in [0.1, 0.15) is 5.58 Å². The third-order valence-corrected chi connectivity index (χ3v) is 5.56. The second-order valence-corrected chi connectivity index (χ2v) is 7.94. The average Bonchev–Trinajstić information content (AvgIpc) is 3.17. The summed E-state index contributed by atoms with van der Waals surface area (Å²) >= 11 is 0. The van der Waals surface area contributed by atoms with Crippen LogP contribution in [-0.4, -0.2) is 30.4 Å². The molecule has 0 saturated heterocycles. The van der Waals surface area contributed by atoms with Crippen LogP contribution in [0.4, 0.5) is 0 Å². The molecule has 0 bridgehead atoms. The summed E-state index contributed by atoms with van der Waals surface area (Å²) < 4.78 is 10.9. The van der Waals surface area contributed by atoms with E-state index in [4.69, 9.17) is 9.15 Å². The first-order chi connectivity index (χ1) is 14.9. The molecule has 1 aromatic heterocycles. The Bertz CT molecular complexity index is 1270. The van der Waals surface area contributed by atoms with Gasteiger partial charge in [-0.1, -0.05) is 54.1 Å². The molecular formula is C26H25NO4. The van der Waals surface area contributed by atoms with Gasteiger partial charge >= 0.3 is 5.97 Å². The van der Waals surface area contributed by atoms with Crippen LogP contribution >= 0.6 is 0 Å². The highest BCUT2D eigenvalue weighted by atomic mass is 16.5. The molecule has 5 heteroatoms. The normalized spacial score (nSPS) is 11.1. The summed E-state index contributed by atoms with van der Waals surface area (Å²) in [4.78, 5) is 26.5. The van der Waals surface area contributed by atoms with Crippen LogP contribution in [0.1, 0.15) is 22.3 Å². The molecule has 31 heavy (non-hydrogen) atoms. The van der Waals surface area contributed by atoms with E-state index in [2.05, 4.69) is 6.07 Å². The zero-order valence-electron chi connectivity index (χ0n) is 18.0. The summed E-state index contributed by atoms with van der Waals surface area (Å²) in [6, 6.07) is 18.0. The van der Waals surface area contributed by atoms with Crippen molar-refractivity contribution in [1.29, 1.82) is 0 Å². The molecule has 4 aromatic rings. The van der Waals surface area contributed by atoms with Gasteiger partial charge in [0.05, 0.1) is 12.7 Å². The molecule has 0 unspecified atom stereocenters. The Morgan fingerprint density at radius 2 is 1.81 bits per heavy atom. The summed E-state index contributed by atoms with van der Waals surface area (Å²) in [7, 11) is 1.71. The third kappa shape index (κ3) is 4.45. The highest BCUT2D eigenvalue weighted by Crippen LogP contribution is 2.30. The maximum absolute atomic E-state index is 12.4. The molecule has 0 fully saturated rings. The number of hydrogen-bond donors (Lipinski definition) is 0. The lowest BCUT2D eigenvalue weighted by molar-refractivity contribution is -0.151. The second-order valence-electron chi connectivity index (χ2n) is 7.94. The number of carbonyl (C=O) groups is 2. The Labute approximate surface area is 181 Å². The van der Waals surface area contributed by atoms with Gasteiger partial charge in [0.15, 0.2) is 6.61 Å². The second kappa shape index (κ2) is 8.64. The number of rotatable bonds is 6. The number of carbonyl (C=O) groups excluding carboxylic acids is 2. The predicted octanol–water partition coefficient (Wildman–Crippen LogP) is 4.95. The van der Waals surface area contributed by atoms with Gasteiger partial charge in [-0.2, -0.15) is 0 Å². The Hall–Kier alpha value is -3.60. The summed E-state index contributed by atoms with van der Waals surface area (Å²) in [5.41, 5.74) is 4.88. The molecule has 0 aliphatic carbocycles. The Kier molecular flexibility index (Phi) is 5.76. The van der Waals surface area contributed by atoms with Crippen LogP contribution in [0.2, 0.25) is 0 Å². The zero-order chi connectivity index (χ0) is 22.0. The molecular weight excluding hydrogens is 390 g/mol. The maximum atomic E-state index is 12.4. The van der Waals surface area contributed by atoms with Gasteiger partial charge in [0.2, 0.25) is 0 Å². The van der Waals surface area contributed by atoms with Crippen LogP contribution in [0.3, 0.4) is 0 Å². The fourth-order valence-corrected chi connectivity index (χ4v) is 3.83. The average molecular weight is 415 g/mol. The fourth-order valence-electron chi connectivity index (χ4n) is 3.83. The molecule has 4 rings (SSSR count). The molecule has 1 heterocycles. The van der Waals surface area contributed by atoms with Crippen molar-refractivity contribution in [3.05, 3.63) is 83.1 Å². The van der Waals surface area contributed by atoms with Crippen molar-refractivity contribution >= 4 is 33.6 Å². The van der Waals surface area contributed by atoms with E-state index in [1.54, 1.807) is 18.2 Å². The van der Waals surface area contributed by atoms with Crippen molar-refractivity contribution in [1.82, 2.24) is 4.90 Å². The number of furan rings is 1. The Morgan fingerprint density at radius 3 is 2.61 bits per heavy atom. The summed E-state index contributed by atoms with van der Waals surface area (Å²) in [5.74, 6) is -0.695. The molecule has 0 saturated carbocycles. The monoisotopic (exact) mass is 415 g/mol. The van der Waals surface area contributed by atoms with Gasteiger partial charge < -0.3 is 14.1 Å². The van der Waals surface area contributed by atoms with Crippen molar-refractivity contribution in [2.75, 3.05) is 13.7 Å². The number of nitrogens with zero attached hydrogens (tertiary/aromatic N) is 1. The van der Waals surface area contributed by atoms with Gasteiger partial charge in [0.25, 0.3) is 5.91 Å². The number of amides is 1. The lowest BCUT2D eigenvalue weighted by atomic mass is 10.0. The summed E-state index contributed by atoms with van der Waals surface area (Å²) in [6.07, 6.45) is 1.64. The van der Waals surface area contributed by atoms with Crippen LogP contribution in [0.15, 0.2) is 65.3 Å². The van der Waals surface area contributed by atoms with Crippen molar-refractivity contribution < 1.29 is 18.7 Å². The van der Waals surface area contributed by atoms with Gasteiger partial charge in [-0.25, -0.2) is 0 Å². The van der Waals surface area contributed by atoms with Crippen molar-refractivity contribution in [3.8, 4) is 0 Å². The number of hydrogen-bond acceptors (Lipinski definition) is 4. The first-order valence-corrected chi connectivity index (χ1v) is 10.3. The smallest absolute Gasteiger partial charge is 0.310 e. The molecule has 3 aromatic carbocycles. The Morgan fingerprint density at radius 1 is 1.00 bits per heavy atom. The molecule has 158 valence electrons. The number of benzene rings is 3. The SMILES string of the molecule is Cc1ccc(CN(C)C(=O)COC(=O)Cc2coc3ccc4ccccc4c23)c(C)c1. The minimum absolute atomic E-state index is 0.0507. The van der Waals surface area contributed by atoms with Gasteiger partial charge in [-0.15, -0.1) is 0 Å². The first-order valence-electron chi connectivity index (χ1n) is 10.3. The lowest BCUT2D eigenvalue weighted by Gasteiger charge is -2.18. The largest absolute Gasteiger partial charge is 0.464 e. The van der Waals surface area contributed by atoms with Crippen molar-refractivity contribution in [3.63, 3.8) is 0 Å². The molecule has 0 N–H and O–H groups in total. The van der Waals surface area contributed by atoms with Crippen molar-refractivity contribution in [2.24, 2.45) is 0 Å². The topological polar surface area (TPSA) is 59.8 Å². The number of aryl methyl sites for hydroxylation is 2. The third-order valence-electron chi connectivity index (χ3n) is 5.56. The molecule has 0 spiro atoms. The van der Waals surface area contributed by atoms with E-state index < -0.39 is 5.97 Å². The Balaban J connectivity index is 1.39. The van der Waals surface area contributed by atoms with Crippen LogP contribution in [0, 0.1) is 13.8 Å². The lowest BCUT2D eigenvalue weighted by Crippen LogP contribution is -2.31. The van der Waals surface area contributed by atoms with Gasteiger partial charge in [-0.3, -0.25) is 9.59 Å². The zero-order valence-corrected chi connectivity index (χ0v) is 18.0. The molecule has 0 atom stereocenters. The summed E-state index contributed by atoms with van der Waals surface area (Å²) in [6.45, 7) is 4.26. The van der Waals surface area contributed by atoms with Crippen LogP contribution in [-0.2, 0) is 27.3 Å². The van der Waals surface area contributed by atoms with E-state index in [0.29, 0.717) is 6.54 Å². The minimum atomic E-state index is -0.455. The predicted molar refractivity (Wildman–Crippen MR) is 121 cm³/mol. The van der Waals surface area contributed by atoms with Crippen molar-refractivity contribution in [2.45, 2.75) is 26.8 Å². The van der Waals surface area contributed by atoms with E-state index in [1.165, 1.54) is 5.56 Å². The highest BCUT2D eigenvalue weighted by Gasteiger charge is 2.17. The van der Waals surface area contributed by atoms with Gasteiger partial charge in [0, 0.05) is 24.5 Å². The first kappa shape index (κ1) is 20.7. The van der Waals surface area contributed by atoms with E-state index in [1.807, 2.05) is 62.4 Å². The standard InChI is InChI=1S/C26H25NO4/c1-17-8-9-20(18(2)12-17)14-27(3)24(28)16-31-25(29)13-21-15-30-23-11-10-19-6-4-5-7-22(19)26(21)23/h4-12,15H,13-14,16H2,1-3H3. The summed E-state index contributed by atoms with van der Waals surface area (Å²) in [5, 5.41) is 3.02. The van der Waals surface area contributed by atoms with Gasteiger partial charge in [-0.05, 0) is 41.8 Å². The van der Waals surface area contributed by atoms with Crippen LogP contribution < -0.4 is 0 Å². The van der Waals surface area contributed by atoms with E-state index >= 15 is 0 Å². The quantitative estimate of drug-likeness (QED) is 0.418. The molecule has 5 nitrogen and oxygen atoms in total. The highest BCUT2D eigenvalue weighted by molar-refractivity contribution is 6.08. The van der Waals surface area contributed by atoms with Crippen LogP contribution in [0.5, 0.6) is 0 Å². The molecule has 0 aliphatic rings. The molecule has 0 radical (unpaired) electrons. The molecule has 1 amide bonds. The van der Waals surface area contributed by atoms with E-state index in [-0.39, 0.29) is 18.9 Å². The minimum Gasteiger partial charge on any atom is -0.464 e. The number of likely N-dealkylation sites (N-methyl/N-ethyl adjacent to an activating group) is 1. The number of esters is 1. The number of ether oxygens (including phenoxy) is 1. The van der Waals surface area contributed by atoms with E-state index in [0.717, 1.165) is 38.4 Å².